The highest BCUT2D eigenvalue weighted by Crippen LogP contribution is 2.24. The van der Waals surface area contributed by atoms with Crippen LogP contribution in [-0.4, -0.2) is 16.8 Å². The molecule has 3 rings (SSSR count). The zero-order chi connectivity index (χ0) is 16.8. The van der Waals surface area contributed by atoms with Crippen molar-refractivity contribution in [1.29, 1.82) is 0 Å². The first-order valence-electron chi connectivity index (χ1n) is 7.35. The van der Waals surface area contributed by atoms with Crippen LogP contribution < -0.4 is 5.73 Å². The van der Waals surface area contributed by atoms with E-state index in [0.29, 0.717) is 11.1 Å². The maximum atomic E-state index is 12.4. The second kappa shape index (κ2) is 7.19. The Morgan fingerprint density at radius 3 is 2.46 bits per heavy atom. The summed E-state index contributed by atoms with van der Waals surface area (Å²) in [5.41, 5.74) is 8.51. The van der Waals surface area contributed by atoms with Gasteiger partial charge in [-0.25, -0.2) is 4.79 Å². The molecule has 2 aromatic carbocycles. The first kappa shape index (κ1) is 15.4. The molecule has 1 aromatic heterocycles. The second-order valence-corrected chi connectivity index (χ2v) is 5.01. The number of carbonyl (C=O) groups excluding carboxylic acids is 1. The highest BCUT2D eigenvalue weighted by molar-refractivity contribution is 5.99. The number of hydrogen-bond acceptors (Lipinski definition) is 4. The van der Waals surface area contributed by atoms with Gasteiger partial charge in [0.25, 0.3) is 0 Å². The molecule has 118 valence electrons. The van der Waals surface area contributed by atoms with Gasteiger partial charge in [-0.05, 0) is 29.3 Å². The van der Waals surface area contributed by atoms with Crippen molar-refractivity contribution in [2.45, 2.75) is 0 Å². The number of nitrogens with two attached hydrogens (primary N) is 1. The number of oxime groups is 1. The zero-order valence-electron chi connectivity index (χ0n) is 12.8. The number of aromatic nitrogens is 1. The van der Waals surface area contributed by atoms with Crippen molar-refractivity contribution < 1.29 is 9.63 Å². The molecule has 0 aliphatic rings. The highest BCUT2D eigenvalue weighted by Gasteiger charge is 2.14. The van der Waals surface area contributed by atoms with Crippen molar-refractivity contribution in [1.82, 2.24) is 4.98 Å². The summed E-state index contributed by atoms with van der Waals surface area (Å²) in [6, 6.07) is 20.3. The summed E-state index contributed by atoms with van der Waals surface area (Å²) in [7, 11) is 0. The molecule has 5 heteroatoms. The monoisotopic (exact) mass is 317 g/mol. The van der Waals surface area contributed by atoms with E-state index in [0.717, 1.165) is 11.1 Å². The molecule has 0 aliphatic heterocycles. The van der Waals surface area contributed by atoms with E-state index in [1.807, 2.05) is 42.5 Å². The van der Waals surface area contributed by atoms with Gasteiger partial charge in [0.2, 0.25) is 0 Å². The molecule has 0 fully saturated rings. The third kappa shape index (κ3) is 3.47. The molecule has 0 radical (unpaired) electrons. The molecule has 0 spiro atoms. The Labute approximate surface area is 139 Å². The molecular formula is C19H15N3O2. The quantitative estimate of drug-likeness (QED) is 0.347. The number of carbonyl (C=O) groups is 1. The van der Waals surface area contributed by atoms with Gasteiger partial charge in [-0.3, -0.25) is 4.98 Å². The topological polar surface area (TPSA) is 77.6 Å². The predicted octanol–water partition coefficient (Wildman–Crippen LogP) is 3.23. The molecule has 0 bridgehead atoms. The van der Waals surface area contributed by atoms with Gasteiger partial charge in [0, 0.05) is 18.0 Å². The lowest BCUT2D eigenvalue weighted by Gasteiger charge is -2.07. The summed E-state index contributed by atoms with van der Waals surface area (Å²) in [6.45, 7) is 0. The fraction of sp³-hybridized carbons (Fsp3) is 0. The predicted molar refractivity (Wildman–Crippen MR) is 92.3 cm³/mol. The lowest BCUT2D eigenvalue weighted by Crippen LogP contribution is -2.15. The fourth-order valence-electron chi connectivity index (χ4n) is 2.24. The number of hydrogen-bond donors (Lipinski definition) is 1. The molecule has 0 saturated carbocycles. The summed E-state index contributed by atoms with van der Waals surface area (Å²) in [5, 5.41) is 3.71. The van der Waals surface area contributed by atoms with Gasteiger partial charge < -0.3 is 10.6 Å². The Hall–Kier alpha value is -3.47. The molecule has 3 aromatic rings. The van der Waals surface area contributed by atoms with Crippen LogP contribution in [0.5, 0.6) is 0 Å². The fourth-order valence-corrected chi connectivity index (χ4v) is 2.24. The average molecular weight is 317 g/mol. The van der Waals surface area contributed by atoms with Crippen molar-refractivity contribution in [3.8, 4) is 11.1 Å². The molecule has 0 unspecified atom stereocenters. The molecule has 2 N–H and O–H groups in total. The van der Waals surface area contributed by atoms with Gasteiger partial charge in [0.05, 0.1) is 5.56 Å². The minimum atomic E-state index is -0.568. The molecule has 5 nitrogen and oxygen atoms in total. The molecule has 24 heavy (non-hydrogen) atoms. The maximum absolute atomic E-state index is 12.4. The number of nitrogens with zero attached hydrogens (tertiary/aromatic N) is 2. The minimum Gasteiger partial charge on any atom is -0.380 e. The average Bonchev–Trinajstić information content (AvgIpc) is 2.67. The number of rotatable bonds is 4. The van der Waals surface area contributed by atoms with Crippen molar-refractivity contribution in [3.05, 3.63) is 90.3 Å². The minimum absolute atomic E-state index is 0.0913. The van der Waals surface area contributed by atoms with Crippen LogP contribution in [0.2, 0.25) is 0 Å². The van der Waals surface area contributed by atoms with Crippen molar-refractivity contribution in [2.24, 2.45) is 10.9 Å². The van der Waals surface area contributed by atoms with Gasteiger partial charge in [-0.1, -0.05) is 53.7 Å². The standard InChI is InChI=1S/C19H15N3O2/c20-18(15-9-6-12-21-13-15)22-24-19(23)17-11-5-4-10-16(17)14-7-2-1-3-8-14/h1-13H,(H2,20,22). The van der Waals surface area contributed by atoms with Crippen LogP contribution in [0.3, 0.4) is 0 Å². The third-order valence-electron chi connectivity index (χ3n) is 3.42. The smallest absolute Gasteiger partial charge is 0.366 e. The zero-order valence-corrected chi connectivity index (χ0v) is 12.8. The molecule has 0 aliphatic carbocycles. The molecule has 0 saturated heterocycles. The lowest BCUT2D eigenvalue weighted by molar-refractivity contribution is 0.0517. The van der Waals surface area contributed by atoms with E-state index in [1.54, 1.807) is 36.7 Å². The maximum Gasteiger partial charge on any atom is 0.366 e. The van der Waals surface area contributed by atoms with E-state index in [1.165, 1.54) is 0 Å². The van der Waals surface area contributed by atoms with Gasteiger partial charge in [0.1, 0.15) is 0 Å². The summed E-state index contributed by atoms with van der Waals surface area (Å²) >= 11 is 0. The summed E-state index contributed by atoms with van der Waals surface area (Å²) in [6.07, 6.45) is 3.17. The Morgan fingerprint density at radius 1 is 0.958 bits per heavy atom. The Balaban J connectivity index is 1.84. The lowest BCUT2D eigenvalue weighted by atomic mass is 10.00. The Morgan fingerprint density at radius 2 is 1.71 bits per heavy atom. The van der Waals surface area contributed by atoms with E-state index in [2.05, 4.69) is 10.1 Å². The molecule has 0 atom stereocenters. The van der Waals surface area contributed by atoms with E-state index in [4.69, 9.17) is 10.6 Å². The number of pyridine rings is 1. The molecular weight excluding hydrogens is 302 g/mol. The van der Waals surface area contributed by atoms with Crippen LogP contribution in [-0.2, 0) is 4.84 Å². The van der Waals surface area contributed by atoms with Crippen LogP contribution >= 0.6 is 0 Å². The number of benzene rings is 2. The van der Waals surface area contributed by atoms with Crippen LogP contribution in [0.1, 0.15) is 15.9 Å². The largest absolute Gasteiger partial charge is 0.380 e. The van der Waals surface area contributed by atoms with Crippen LogP contribution in [0, 0.1) is 0 Å². The summed E-state index contributed by atoms with van der Waals surface area (Å²) < 4.78 is 0. The van der Waals surface area contributed by atoms with E-state index in [9.17, 15) is 4.79 Å². The van der Waals surface area contributed by atoms with Crippen LogP contribution in [0.15, 0.2) is 84.3 Å². The van der Waals surface area contributed by atoms with Crippen LogP contribution in [0.25, 0.3) is 11.1 Å². The highest BCUT2D eigenvalue weighted by atomic mass is 16.7. The van der Waals surface area contributed by atoms with E-state index in [-0.39, 0.29) is 5.84 Å². The van der Waals surface area contributed by atoms with E-state index >= 15 is 0 Å². The molecule has 1 heterocycles. The van der Waals surface area contributed by atoms with E-state index < -0.39 is 5.97 Å². The first-order chi connectivity index (χ1) is 11.8. The van der Waals surface area contributed by atoms with Crippen molar-refractivity contribution in [2.75, 3.05) is 0 Å². The van der Waals surface area contributed by atoms with Gasteiger partial charge in [0.15, 0.2) is 5.84 Å². The SMILES string of the molecule is N/C(=N/OC(=O)c1ccccc1-c1ccccc1)c1cccnc1. The summed E-state index contributed by atoms with van der Waals surface area (Å²) in [5.74, 6) is -0.477. The Kier molecular flexibility index (Phi) is 4.62. The van der Waals surface area contributed by atoms with Crippen molar-refractivity contribution >= 4 is 11.8 Å². The molecule has 0 amide bonds. The Bertz CT molecular complexity index is 862. The summed E-state index contributed by atoms with van der Waals surface area (Å²) in [4.78, 5) is 21.3. The third-order valence-corrected chi connectivity index (χ3v) is 3.42. The van der Waals surface area contributed by atoms with Crippen LogP contribution in [0.4, 0.5) is 0 Å². The number of amidine groups is 1. The second-order valence-electron chi connectivity index (χ2n) is 5.01. The first-order valence-corrected chi connectivity index (χ1v) is 7.35. The van der Waals surface area contributed by atoms with Gasteiger partial charge in [-0.2, -0.15) is 0 Å². The normalized spacial score (nSPS) is 11.1. The van der Waals surface area contributed by atoms with Crippen molar-refractivity contribution in [3.63, 3.8) is 0 Å². The van der Waals surface area contributed by atoms with Gasteiger partial charge >= 0.3 is 5.97 Å². The van der Waals surface area contributed by atoms with Gasteiger partial charge in [-0.15, -0.1) is 0 Å².